The number of sulfone groups is 1. The van der Waals surface area contributed by atoms with Crippen molar-refractivity contribution in [3.05, 3.63) is 47.7 Å². The number of aromatic nitrogens is 2. The Balaban J connectivity index is 1.20. The Bertz CT molecular complexity index is 1110. The van der Waals surface area contributed by atoms with E-state index in [1.165, 1.54) is 0 Å². The monoisotopic (exact) mass is 488 g/mol. The zero-order valence-corrected chi connectivity index (χ0v) is 20.3. The molecule has 34 heavy (non-hydrogen) atoms. The largest absolute Gasteiger partial charge is 0.351 e. The van der Waals surface area contributed by atoms with Crippen LogP contribution in [0.25, 0.3) is 0 Å². The molecule has 4 rings (SSSR count). The van der Waals surface area contributed by atoms with Gasteiger partial charge < -0.3 is 10.6 Å². The van der Waals surface area contributed by atoms with Gasteiger partial charge in [0.15, 0.2) is 9.84 Å². The van der Waals surface area contributed by atoms with E-state index in [-0.39, 0.29) is 35.9 Å². The maximum absolute atomic E-state index is 12.7. The van der Waals surface area contributed by atoms with Crippen LogP contribution in [0.1, 0.15) is 23.7 Å². The normalized spacial score (nSPS) is 20.8. The van der Waals surface area contributed by atoms with E-state index in [0.717, 1.165) is 11.3 Å². The summed E-state index contributed by atoms with van der Waals surface area (Å²) in [6, 6.07) is 11.3. The maximum Gasteiger partial charge on any atom is 0.239 e. The molecule has 0 bridgehead atoms. The summed E-state index contributed by atoms with van der Waals surface area (Å²) in [5.41, 5.74) is 1.80. The number of rotatable bonds is 8. The minimum atomic E-state index is -3.05. The summed E-state index contributed by atoms with van der Waals surface area (Å²) in [7, 11) is -3.05. The number of nitrogens with one attached hydrogen (secondary N) is 2. The number of anilines is 1. The molecule has 2 saturated heterocycles. The third-order valence-corrected chi connectivity index (χ3v) is 7.96. The van der Waals surface area contributed by atoms with Gasteiger partial charge in [-0.15, -0.1) is 0 Å². The molecule has 2 N–H and O–H groups in total. The number of nitrogens with zero attached hydrogens (tertiary/aromatic N) is 4. The van der Waals surface area contributed by atoms with Gasteiger partial charge in [0.1, 0.15) is 5.82 Å². The van der Waals surface area contributed by atoms with E-state index in [2.05, 4.69) is 25.5 Å². The third kappa shape index (κ3) is 6.64. The van der Waals surface area contributed by atoms with Crippen molar-refractivity contribution in [2.24, 2.45) is 0 Å². The molecule has 184 valence electrons. The van der Waals surface area contributed by atoms with Gasteiger partial charge in [0.05, 0.1) is 36.3 Å². The van der Waals surface area contributed by atoms with Crippen LogP contribution >= 0.6 is 0 Å². The van der Waals surface area contributed by atoms with Crippen LogP contribution in [0.5, 0.6) is 0 Å². The zero-order chi connectivity index (χ0) is 24.1. The fourth-order valence-electron chi connectivity index (χ4n) is 4.40. The number of hydrogen-bond acceptors (Lipinski definition) is 7. The average molecular weight is 489 g/mol. The van der Waals surface area contributed by atoms with Crippen LogP contribution in [-0.4, -0.2) is 90.6 Å². The molecule has 1 aromatic carbocycles. The molecule has 1 unspecified atom stereocenters. The lowest BCUT2D eigenvalue weighted by atomic mass is 10.2. The first-order valence-corrected chi connectivity index (χ1v) is 13.4. The van der Waals surface area contributed by atoms with Crippen molar-refractivity contribution in [2.45, 2.75) is 25.9 Å². The lowest BCUT2D eigenvalue weighted by molar-refractivity contribution is -0.123. The summed E-state index contributed by atoms with van der Waals surface area (Å²) in [6.07, 6.45) is 0.507. The molecule has 2 amide bonds. The molecule has 1 aromatic heterocycles. The van der Waals surface area contributed by atoms with Crippen LogP contribution < -0.4 is 10.6 Å². The standard InChI is InChI=1S/C23H32N6O4S/c1-18-13-21(29(26-18)20-7-12-34(32,33)17-20)25-23(31)16-28-10-8-27(9-11-28)15-22(30)24-14-19-5-3-2-4-6-19/h2-6,13,20H,7-12,14-17H2,1H3,(H,24,30)(H,25,31). The van der Waals surface area contributed by atoms with Gasteiger partial charge in [-0.05, 0) is 18.9 Å². The Hall–Kier alpha value is -2.76. The molecule has 0 saturated carbocycles. The predicted octanol–water partition coefficient (Wildman–Crippen LogP) is 0.424. The second-order valence-electron chi connectivity index (χ2n) is 9.04. The van der Waals surface area contributed by atoms with Gasteiger partial charge in [0, 0.05) is 38.8 Å². The first-order chi connectivity index (χ1) is 16.3. The summed E-state index contributed by atoms with van der Waals surface area (Å²) in [4.78, 5) is 29.1. The fourth-order valence-corrected chi connectivity index (χ4v) is 6.10. The molecular formula is C23H32N6O4S. The number of carbonyl (C=O) groups excluding carboxylic acids is 2. The number of hydrogen-bond donors (Lipinski definition) is 2. The second kappa shape index (κ2) is 10.7. The molecule has 2 aromatic rings. The Labute approximate surface area is 200 Å². The Morgan fingerprint density at radius 1 is 1.03 bits per heavy atom. The molecule has 2 aliphatic heterocycles. The highest BCUT2D eigenvalue weighted by atomic mass is 32.2. The first-order valence-electron chi connectivity index (χ1n) is 11.6. The summed E-state index contributed by atoms with van der Waals surface area (Å²) in [5.74, 6) is 0.582. The molecule has 3 heterocycles. The van der Waals surface area contributed by atoms with E-state index in [1.807, 2.05) is 37.3 Å². The van der Waals surface area contributed by atoms with Gasteiger partial charge >= 0.3 is 0 Å². The van der Waals surface area contributed by atoms with Crippen molar-refractivity contribution in [2.75, 3.05) is 56.1 Å². The van der Waals surface area contributed by atoms with Crippen molar-refractivity contribution < 1.29 is 18.0 Å². The second-order valence-corrected chi connectivity index (χ2v) is 11.3. The molecule has 1 atom stereocenters. The van der Waals surface area contributed by atoms with Crippen LogP contribution in [0.2, 0.25) is 0 Å². The van der Waals surface area contributed by atoms with Gasteiger partial charge in [-0.2, -0.15) is 5.10 Å². The summed E-state index contributed by atoms with van der Waals surface area (Å²) in [6.45, 7) is 5.73. The van der Waals surface area contributed by atoms with Gasteiger partial charge in [-0.25, -0.2) is 13.1 Å². The Morgan fingerprint density at radius 2 is 1.68 bits per heavy atom. The minimum absolute atomic E-state index is 0.00685. The third-order valence-electron chi connectivity index (χ3n) is 6.21. The molecule has 2 aliphatic rings. The van der Waals surface area contributed by atoms with E-state index in [1.54, 1.807) is 10.7 Å². The lowest BCUT2D eigenvalue weighted by Crippen LogP contribution is -2.51. The SMILES string of the molecule is Cc1cc(NC(=O)CN2CCN(CC(=O)NCc3ccccc3)CC2)n(C2CCS(=O)(=O)C2)n1. The summed E-state index contributed by atoms with van der Waals surface area (Å²) >= 11 is 0. The number of benzene rings is 1. The Morgan fingerprint density at radius 3 is 2.29 bits per heavy atom. The molecule has 10 nitrogen and oxygen atoms in total. The zero-order valence-electron chi connectivity index (χ0n) is 19.4. The van der Waals surface area contributed by atoms with Crippen molar-refractivity contribution in [1.82, 2.24) is 24.9 Å². The van der Waals surface area contributed by atoms with Crippen molar-refractivity contribution in [3.63, 3.8) is 0 Å². The summed E-state index contributed by atoms with van der Waals surface area (Å²) < 4.78 is 25.3. The topological polar surface area (TPSA) is 117 Å². The van der Waals surface area contributed by atoms with Crippen molar-refractivity contribution >= 4 is 27.5 Å². The molecule has 0 aliphatic carbocycles. The smallest absolute Gasteiger partial charge is 0.239 e. The lowest BCUT2D eigenvalue weighted by Gasteiger charge is -2.33. The van der Waals surface area contributed by atoms with Crippen LogP contribution in [0.15, 0.2) is 36.4 Å². The Kier molecular flexibility index (Phi) is 7.64. The number of piperazine rings is 1. The van der Waals surface area contributed by atoms with E-state index in [0.29, 0.717) is 51.5 Å². The summed E-state index contributed by atoms with van der Waals surface area (Å²) in [5, 5.41) is 10.3. The maximum atomic E-state index is 12.7. The molecule has 0 spiro atoms. The van der Waals surface area contributed by atoms with Crippen LogP contribution in [0, 0.1) is 6.92 Å². The number of aryl methyl sites for hydroxylation is 1. The van der Waals surface area contributed by atoms with Crippen LogP contribution in [0.4, 0.5) is 5.82 Å². The highest BCUT2D eigenvalue weighted by Gasteiger charge is 2.31. The molecule has 0 radical (unpaired) electrons. The molecule has 11 heteroatoms. The van der Waals surface area contributed by atoms with Crippen LogP contribution in [0.3, 0.4) is 0 Å². The van der Waals surface area contributed by atoms with Gasteiger partial charge in [-0.1, -0.05) is 30.3 Å². The van der Waals surface area contributed by atoms with Gasteiger partial charge in [0.2, 0.25) is 11.8 Å². The molecule has 2 fully saturated rings. The predicted molar refractivity (Wildman–Crippen MR) is 129 cm³/mol. The number of amides is 2. The quantitative estimate of drug-likeness (QED) is 0.553. The van der Waals surface area contributed by atoms with E-state index < -0.39 is 9.84 Å². The first kappa shape index (κ1) is 24.4. The highest BCUT2D eigenvalue weighted by Crippen LogP contribution is 2.27. The minimum Gasteiger partial charge on any atom is -0.351 e. The highest BCUT2D eigenvalue weighted by molar-refractivity contribution is 7.91. The fraction of sp³-hybridized carbons (Fsp3) is 0.522. The van der Waals surface area contributed by atoms with Gasteiger partial charge in [-0.3, -0.25) is 19.4 Å². The van der Waals surface area contributed by atoms with E-state index in [4.69, 9.17) is 0 Å². The average Bonchev–Trinajstić information content (AvgIpc) is 3.35. The molecular weight excluding hydrogens is 456 g/mol. The van der Waals surface area contributed by atoms with E-state index >= 15 is 0 Å². The van der Waals surface area contributed by atoms with Gasteiger partial charge in [0.25, 0.3) is 0 Å². The van der Waals surface area contributed by atoms with Crippen LogP contribution in [-0.2, 0) is 26.0 Å². The van der Waals surface area contributed by atoms with Crippen molar-refractivity contribution in [1.29, 1.82) is 0 Å². The number of carbonyl (C=O) groups is 2. The van der Waals surface area contributed by atoms with Crippen molar-refractivity contribution in [3.8, 4) is 0 Å². The van der Waals surface area contributed by atoms with E-state index in [9.17, 15) is 18.0 Å².